The Bertz CT molecular complexity index is 828. The topological polar surface area (TPSA) is 67.3 Å². The van der Waals surface area contributed by atoms with Gasteiger partial charge in [-0.2, -0.15) is 21.6 Å². The van der Waals surface area contributed by atoms with Crippen LogP contribution in [-0.4, -0.2) is 23.7 Å². The summed E-state index contributed by atoms with van der Waals surface area (Å²) in [6.45, 7) is 1.57. The molecule has 4 nitrogen and oxygen atoms in total. The quantitative estimate of drug-likeness (QED) is 0.659. The van der Waals surface area contributed by atoms with Gasteiger partial charge in [0.15, 0.2) is 0 Å². The molecule has 0 spiro atoms. The van der Waals surface area contributed by atoms with Gasteiger partial charge < -0.3 is 0 Å². The lowest BCUT2D eigenvalue weighted by molar-refractivity contribution is -0.137. The number of halogens is 4. The van der Waals surface area contributed by atoms with E-state index in [1.54, 1.807) is 6.92 Å². The highest BCUT2D eigenvalue weighted by molar-refractivity contribution is 7.85. The number of alkyl halides is 3. The average Bonchev–Trinajstić information content (AvgIpc) is 2.75. The summed E-state index contributed by atoms with van der Waals surface area (Å²) < 4.78 is 81.7. The second-order valence-electron chi connectivity index (χ2n) is 4.76. The number of aryl methyl sites for hydroxylation is 2. The second-order valence-corrected chi connectivity index (χ2v) is 7.41. The standard InChI is InChI=1S/C13H11F4NO3S2/c1-7-11(4-5-23(19,20)21)22-12(18-7)9-3-2-8(6-10(9)14)13(15,16)17/h2-3,6H,4-5H2,1H3,(H,19,20,21). The van der Waals surface area contributed by atoms with Crippen LogP contribution < -0.4 is 0 Å². The molecule has 0 radical (unpaired) electrons. The Morgan fingerprint density at radius 1 is 1.30 bits per heavy atom. The third-order valence-corrected chi connectivity index (χ3v) is 4.98. The maximum atomic E-state index is 13.9. The number of thiazole rings is 1. The highest BCUT2D eigenvalue weighted by atomic mass is 32.2. The summed E-state index contributed by atoms with van der Waals surface area (Å²) in [7, 11) is -4.14. The van der Waals surface area contributed by atoms with Crippen molar-refractivity contribution in [3.63, 3.8) is 0 Å². The van der Waals surface area contributed by atoms with Crippen LogP contribution in [0.5, 0.6) is 0 Å². The fraction of sp³-hybridized carbons (Fsp3) is 0.308. The molecule has 0 atom stereocenters. The van der Waals surface area contributed by atoms with Crippen molar-refractivity contribution in [1.29, 1.82) is 0 Å². The van der Waals surface area contributed by atoms with E-state index in [9.17, 15) is 26.0 Å². The van der Waals surface area contributed by atoms with E-state index >= 15 is 0 Å². The van der Waals surface area contributed by atoms with E-state index in [1.165, 1.54) is 0 Å². The van der Waals surface area contributed by atoms with Crippen LogP contribution in [0.1, 0.15) is 16.1 Å². The Morgan fingerprint density at radius 2 is 1.96 bits per heavy atom. The number of nitrogens with zero attached hydrogens (tertiary/aromatic N) is 1. The maximum Gasteiger partial charge on any atom is 0.416 e. The summed E-state index contributed by atoms with van der Waals surface area (Å²) in [6.07, 6.45) is -4.65. The van der Waals surface area contributed by atoms with Crippen molar-refractivity contribution in [2.24, 2.45) is 0 Å². The van der Waals surface area contributed by atoms with Crippen LogP contribution in [0, 0.1) is 12.7 Å². The zero-order chi connectivity index (χ0) is 17.4. The van der Waals surface area contributed by atoms with Gasteiger partial charge in [0, 0.05) is 10.4 Å². The van der Waals surface area contributed by atoms with E-state index in [4.69, 9.17) is 4.55 Å². The average molecular weight is 369 g/mol. The molecule has 0 aliphatic rings. The lowest BCUT2D eigenvalue weighted by Crippen LogP contribution is -2.06. The van der Waals surface area contributed by atoms with Crippen LogP contribution in [0.4, 0.5) is 17.6 Å². The van der Waals surface area contributed by atoms with Crippen LogP contribution in [0.3, 0.4) is 0 Å². The predicted molar refractivity (Wildman–Crippen MR) is 77.4 cm³/mol. The molecular formula is C13H11F4NO3S2. The van der Waals surface area contributed by atoms with Gasteiger partial charge >= 0.3 is 6.18 Å². The number of rotatable bonds is 4. The van der Waals surface area contributed by atoms with Crippen LogP contribution in [0.25, 0.3) is 10.6 Å². The zero-order valence-electron chi connectivity index (χ0n) is 11.7. The lowest BCUT2D eigenvalue weighted by Gasteiger charge is -2.07. The second kappa shape index (κ2) is 6.17. The molecule has 126 valence electrons. The maximum absolute atomic E-state index is 13.9. The van der Waals surface area contributed by atoms with Gasteiger partial charge in [0.05, 0.1) is 17.0 Å². The predicted octanol–water partition coefficient (Wildman–Crippen LogP) is 3.71. The smallest absolute Gasteiger partial charge is 0.286 e. The van der Waals surface area contributed by atoms with Crippen molar-refractivity contribution < 1.29 is 30.5 Å². The first kappa shape index (κ1) is 17.8. The Morgan fingerprint density at radius 3 is 2.48 bits per heavy atom. The molecule has 1 aromatic heterocycles. The van der Waals surface area contributed by atoms with Gasteiger partial charge in [-0.1, -0.05) is 0 Å². The minimum Gasteiger partial charge on any atom is -0.286 e. The molecule has 0 aliphatic heterocycles. The number of hydrogen-bond acceptors (Lipinski definition) is 4. The van der Waals surface area contributed by atoms with E-state index in [0.29, 0.717) is 16.6 Å². The highest BCUT2D eigenvalue weighted by Gasteiger charge is 2.31. The summed E-state index contributed by atoms with van der Waals surface area (Å²) in [5, 5.41) is 0.152. The van der Waals surface area contributed by atoms with Crippen LogP contribution in [0.15, 0.2) is 18.2 Å². The fourth-order valence-electron chi connectivity index (χ4n) is 1.86. The van der Waals surface area contributed by atoms with Gasteiger partial charge in [-0.3, -0.25) is 4.55 Å². The van der Waals surface area contributed by atoms with Gasteiger partial charge in [0.1, 0.15) is 10.8 Å². The normalized spacial score (nSPS) is 12.6. The summed E-state index contributed by atoms with van der Waals surface area (Å²) in [5.74, 6) is -1.57. The molecule has 1 heterocycles. The van der Waals surface area contributed by atoms with Crippen molar-refractivity contribution in [2.45, 2.75) is 19.5 Å². The summed E-state index contributed by atoms with van der Waals surface area (Å²) >= 11 is 0.973. The first-order valence-electron chi connectivity index (χ1n) is 6.26. The minimum atomic E-state index is -4.64. The highest BCUT2D eigenvalue weighted by Crippen LogP contribution is 2.35. The van der Waals surface area contributed by atoms with Gasteiger partial charge in [-0.15, -0.1) is 11.3 Å². The molecule has 0 bridgehead atoms. The Hall–Kier alpha value is -1.52. The largest absolute Gasteiger partial charge is 0.416 e. The molecule has 1 N–H and O–H groups in total. The molecule has 0 amide bonds. The van der Waals surface area contributed by atoms with Crippen molar-refractivity contribution in [2.75, 3.05) is 5.75 Å². The molecule has 0 fully saturated rings. The molecule has 0 unspecified atom stereocenters. The Kier molecular flexibility index (Phi) is 4.79. The molecule has 0 aliphatic carbocycles. The molecule has 10 heteroatoms. The Balaban J connectivity index is 2.33. The Labute approximate surface area is 133 Å². The summed E-state index contributed by atoms with van der Waals surface area (Å²) in [4.78, 5) is 4.57. The van der Waals surface area contributed by atoms with Crippen LogP contribution in [-0.2, 0) is 22.7 Å². The number of hydrogen-bond donors (Lipinski definition) is 1. The SMILES string of the molecule is Cc1nc(-c2ccc(C(F)(F)F)cc2F)sc1CCS(=O)(=O)O. The van der Waals surface area contributed by atoms with Crippen molar-refractivity contribution in [1.82, 2.24) is 4.98 Å². The molecular weight excluding hydrogens is 358 g/mol. The molecule has 23 heavy (non-hydrogen) atoms. The van der Waals surface area contributed by atoms with Crippen molar-refractivity contribution in [3.8, 4) is 10.6 Å². The van der Waals surface area contributed by atoms with Crippen LogP contribution >= 0.6 is 11.3 Å². The number of benzene rings is 1. The zero-order valence-corrected chi connectivity index (χ0v) is 13.3. The van der Waals surface area contributed by atoms with Crippen molar-refractivity contribution >= 4 is 21.5 Å². The molecule has 0 saturated heterocycles. The van der Waals surface area contributed by atoms with E-state index in [0.717, 1.165) is 23.5 Å². The summed E-state index contributed by atoms with van der Waals surface area (Å²) in [5.41, 5.74) is -0.754. The molecule has 2 aromatic rings. The van der Waals surface area contributed by atoms with E-state index in [2.05, 4.69) is 4.98 Å². The van der Waals surface area contributed by atoms with E-state index in [-0.39, 0.29) is 17.0 Å². The van der Waals surface area contributed by atoms with E-state index < -0.39 is 33.4 Å². The van der Waals surface area contributed by atoms with E-state index in [1.807, 2.05) is 0 Å². The molecule has 1 aromatic carbocycles. The lowest BCUT2D eigenvalue weighted by atomic mass is 10.1. The first-order chi connectivity index (χ1) is 10.5. The van der Waals surface area contributed by atoms with Gasteiger partial charge in [-0.05, 0) is 31.5 Å². The van der Waals surface area contributed by atoms with Gasteiger partial charge in [-0.25, -0.2) is 9.37 Å². The summed E-state index contributed by atoms with van der Waals surface area (Å²) in [6, 6.07) is 2.14. The van der Waals surface area contributed by atoms with Crippen molar-refractivity contribution in [3.05, 3.63) is 40.2 Å². The first-order valence-corrected chi connectivity index (χ1v) is 8.68. The number of aromatic nitrogens is 1. The minimum absolute atomic E-state index is 0.00934. The third kappa shape index (κ3) is 4.49. The molecule has 2 rings (SSSR count). The molecule has 0 saturated carbocycles. The monoisotopic (exact) mass is 369 g/mol. The fourth-order valence-corrected chi connectivity index (χ4v) is 3.54. The van der Waals surface area contributed by atoms with Gasteiger partial charge in [0.2, 0.25) is 0 Å². The van der Waals surface area contributed by atoms with Gasteiger partial charge in [0.25, 0.3) is 10.1 Å². The van der Waals surface area contributed by atoms with Crippen LogP contribution in [0.2, 0.25) is 0 Å². The third-order valence-electron chi connectivity index (χ3n) is 3.01.